The number of nitriles is 2. The number of hydrogen-bond donors (Lipinski definition) is 4. The molecule has 0 saturated heterocycles. The van der Waals surface area contributed by atoms with Crippen LogP contribution in [0.4, 0.5) is 8.78 Å². The van der Waals surface area contributed by atoms with E-state index in [-0.39, 0.29) is 44.8 Å². The second-order valence-corrected chi connectivity index (χ2v) is 22.8. The lowest BCUT2D eigenvalue weighted by atomic mass is 9.90. The van der Waals surface area contributed by atoms with E-state index in [1.807, 2.05) is 12.1 Å². The molecule has 0 unspecified atom stereocenters. The van der Waals surface area contributed by atoms with Crippen LogP contribution in [0.2, 0.25) is 0 Å². The zero-order chi connectivity index (χ0) is 43.7. The van der Waals surface area contributed by atoms with E-state index < -0.39 is 30.9 Å². The number of rotatable bonds is 5. The number of carbonyl (C=O) groups excluding carboxylic acids is 1. The molecular weight excluding hydrogens is 771 g/mol. The van der Waals surface area contributed by atoms with E-state index >= 15 is 0 Å². The van der Waals surface area contributed by atoms with E-state index in [2.05, 4.69) is 48.5 Å². The van der Waals surface area contributed by atoms with Crippen molar-refractivity contribution in [2.24, 2.45) is 10.8 Å². The predicted octanol–water partition coefficient (Wildman–Crippen LogP) is 10.9. The third-order valence-corrected chi connectivity index (χ3v) is 10.5. The maximum Gasteiger partial charge on any atom is 0.160 e. The van der Waals surface area contributed by atoms with Gasteiger partial charge < -0.3 is 18.2 Å². The number of Topliss-reactive ketones (excluding diaryl/α,β-unsaturated/α-hetero) is 1. The van der Waals surface area contributed by atoms with Crippen LogP contribution in [0.15, 0.2) is 103 Å². The Morgan fingerprint density at radius 3 is 1.28 bits per heavy atom. The van der Waals surface area contributed by atoms with Gasteiger partial charge in [0.25, 0.3) is 0 Å². The van der Waals surface area contributed by atoms with Crippen LogP contribution < -0.4 is 0 Å². The zero-order valence-corrected chi connectivity index (χ0v) is 35.3. The molecule has 4 N–H and O–H groups in total. The summed E-state index contributed by atoms with van der Waals surface area (Å²) in [5, 5.41) is 21.1. The highest BCUT2D eigenvalue weighted by Gasteiger charge is 2.30. The third kappa shape index (κ3) is 17.4. The highest BCUT2D eigenvalue weighted by Crippen LogP contribution is 2.34. The summed E-state index contributed by atoms with van der Waals surface area (Å²) < 4.78 is 85.4. The Labute approximate surface area is 334 Å². The molecule has 306 valence electrons. The molecule has 0 aliphatic rings. The normalized spacial score (nSPS) is 12.9. The Hall–Kier alpha value is -4.99. The van der Waals surface area contributed by atoms with Crippen molar-refractivity contribution in [2.45, 2.75) is 48.5 Å². The van der Waals surface area contributed by atoms with E-state index in [4.69, 9.17) is 18.2 Å². The Balaban J connectivity index is 0.000000306. The van der Waals surface area contributed by atoms with Gasteiger partial charge in [-0.3, -0.25) is 4.79 Å². The van der Waals surface area contributed by atoms with Gasteiger partial charge in [-0.15, -0.1) is 0 Å². The van der Waals surface area contributed by atoms with Crippen LogP contribution in [0.1, 0.15) is 70.0 Å². The largest absolute Gasteiger partial charge is 0.308 e. The summed E-state index contributed by atoms with van der Waals surface area (Å²) in [5.74, 6) is -1.78. The number of nitrogens with zero attached hydrogens (tertiary/aromatic N) is 2. The molecule has 0 atom stereocenters. The number of ketones is 1. The van der Waals surface area contributed by atoms with Gasteiger partial charge in [-0.1, -0.05) is 126 Å². The highest BCUT2D eigenvalue weighted by atomic mass is 32.3. The molecule has 0 radical (unpaired) electrons. The van der Waals surface area contributed by atoms with Gasteiger partial charge in [-0.05, 0) is 57.9 Å². The molecule has 0 aromatic heterocycles. The van der Waals surface area contributed by atoms with Crippen LogP contribution in [0.25, 0.3) is 33.0 Å². The highest BCUT2D eigenvalue weighted by molar-refractivity contribution is 8.09. The summed E-state index contributed by atoms with van der Waals surface area (Å²) >= 11 is 0. The van der Waals surface area contributed by atoms with Crippen molar-refractivity contribution in [2.75, 3.05) is 24.0 Å². The quantitative estimate of drug-likeness (QED) is 0.125. The van der Waals surface area contributed by atoms with Crippen LogP contribution in [0.5, 0.6) is 0 Å². The van der Waals surface area contributed by atoms with Gasteiger partial charge in [-0.25, -0.2) is 17.2 Å². The topological polar surface area (TPSA) is 180 Å². The lowest BCUT2D eigenvalue weighted by Gasteiger charge is -2.32. The third-order valence-electron chi connectivity index (χ3n) is 7.44. The number of halogens is 2. The summed E-state index contributed by atoms with van der Waals surface area (Å²) in [6.45, 7) is 12.2. The van der Waals surface area contributed by atoms with Crippen molar-refractivity contribution in [3.8, 4) is 34.4 Å². The monoisotopic (exact) mass is 822 g/mol. The molecule has 0 amide bonds. The molecule has 5 aromatic carbocycles. The summed E-state index contributed by atoms with van der Waals surface area (Å²) in [6, 6.07) is 33.5. The fourth-order valence-corrected chi connectivity index (χ4v) is 10.1. The SMILES string of the molecule is CC(=O)c1cc(-c2cccc(F)c2C#N)ccc1-c1cccc(F)c1C#N.CC(C)(C)CS(C)(=O)(O)O.CC(C)(C)CS(C)(=O)(O)O.c1ccc2ccccc2c1. The predicted molar refractivity (Wildman–Crippen MR) is 228 cm³/mol. The van der Waals surface area contributed by atoms with Crippen molar-refractivity contribution in [3.05, 3.63) is 131 Å². The molecule has 0 saturated carbocycles. The first-order valence-electron chi connectivity index (χ1n) is 17.6. The average molecular weight is 823 g/mol. The number of benzene rings is 5. The smallest absolute Gasteiger partial charge is 0.160 e. The molecule has 9 nitrogen and oxygen atoms in total. The molecule has 5 aromatic rings. The van der Waals surface area contributed by atoms with Crippen LogP contribution in [-0.4, -0.2) is 56.4 Å². The minimum Gasteiger partial charge on any atom is -0.308 e. The fourth-order valence-electron chi connectivity index (χ4n) is 6.11. The Kier molecular flexibility index (Phi) is 15.3. The first-order valence-corrected chi connectivity index (χ1v) is 22.5. The van der Waals surface area contributed by atoms with E-state index in [9.17, 15) is 32.5 Å². The van der Waals surface area contributed by atoms with Gasteiger partial charge in [0.05, 0.1) is 41.9 Å². The van der Waals surface area contributed by atoms with Crippen molar-refractivity contribution in [1.82, 2.24) is 0 Å². The maximum absolute atomic E-state index is 14.0. The molecule has 5 rings (SSSR count). The lowest BCUT2D eigenvalue weighted by molar-refractivity contribution is 0.101. The molecule has 0 heterocycles. The van der Waals surface area contributed by atoms with Crippen molar-refractivity contribution < 1.29 is 40.2 Å². The van der Waals surface area contributed by atoms with Gasteiger partial charge in [0.1, 0.15) is 23.8 Å². The van der Waals surface area contributed by atoms with E-state index in [0.717, 1.165) is 12.5 Å². The van der Waals surface area contributed by atoms with E-state index in [1.54, 1.807) is 65.8 Å². The fraction of sp³-hybridized carbons (Fsp3) is 0.295. The van der Waals surface area contributed by atoms with Crippen LogP contribution in [-0.2, 0) is 19.3 Å². The molecule has 0 fully saturated rings. The number of hydrogen-bond acceptors (Lipinski definition) is 5. The van der Waals surface area contributed by atoms with Gasteiger partial charge >= 0.3 is 0 Å². The van der Waals surface area contributed by atoms with Gasteiger partial charge in [0.2, 0.25) is 0 Å². The van der Waals surface area contributed by atoms with Crippen LogP contribution in [0, 0.1) is 45.1 Å². The van der Waals surface area contributed by atoms with Crippen molar-refractivity contribution in [3.63, 3.8) is 0 Å². The molecule has 0 bridgehead atoms. The minimum atomic E-state index is -4.27. The second-order valence-electron chi connectivity index (χ2n) is 16.5. The van der Waals surface area contributed by atoms with E-state index in [0.29, 0.717) is 22.3 Å². The number of fused-ring (bicyclic) bond motifs is 1. The molecule has 57 heavy (non-hydrogen) atoms. The molecule has 0 aliphatic carbocycles. The maximum atomic E-state index is 14.0. The van der Waals surface area contributed by atoms with Crippen molar-refractivity contribution >= 4 is 35.8 Å². The summed E-state index contributed by atoms with van der Waals surface area (Å²) in [6.07, 6.45) is 1.95. The molecule has 13 heteroatoms. The average Bonchev–Trinajstić information content (AvgIpc) is 3.04. The Bertz CT molecular complexity index is 2330. The minimum absolute atomic E-state index is 0.0792. The molecule has 0 aliphatic heterocycles. The summed E-state index contributed by atoms with van der Waals surface area (Å²) in [4.78, 5) is 12.2. The van der Waals surface area contributed by atoms with Gasteiger partial charge in [0.15, 0.2) is 5.78 Å². The lowest BCUT2D eigenvalue weighted by Crippen LogP contribution is -2.39. The first kappa shape index (κ1) is 48.2. The Morgan fingerprint density at radius 2 is 0.965 bits per heavy atom. The molecule has 0 spiro atoms. The molecular formula is C44H52F2N2O7S2. The standard InChI is InChI=1S/C22H12F2N2O.C10H8.2C6H16O3S/c1-13(27)18-10-14(15-4-2-6-21(23)19(15)11-25)8-9-17(18)16-5-3-7-22(24)20(16)12-26;1-2-6-10-8-4-3-7-9(10)5-1;2*1-6(2,3)5-10(4,7,8)9/h2-10H,1H3;1-8H;2*5H2,1-4H3,(H2,7,8,9). The second kappa shape index (κ2) is 18.1. The van der Waals surface area contributed by atoms with Gasteiger partial charge in [0, 0.05) is 29.2 Å². The van der Waals surface area contributed by atoms with E-state index in [1.165, 1.54) is 48.0 Å². The number of carbonyl (C=O) groups is 1. The first-order chi connectivity index (χ1) is 25.9. The summed E-state index contributed by atoms with van der Waals surface area (Å²) in [7, 11) is -8.54. The van der Waals surface area contributed by atoms with Crippen LogP contribution >= 0.6 is 0 Å². The summed E-state index contributed by atoms with van der Waals surface area (Å²) in [5.41, 5.74) is 0.874. The van der Waals surface area contributed by atoms with Crippen molar-refractivity contribution in [1.29, 1.82) is 10.5 Å². The van der Waals surface area contributed by atoms with Crippen LogP contribution in [0.3, 0.4) is 0 Å². The zero-order valence-electron chi connectivity index (χ0n) is 33.7. The van der Waals surface area contributed by atoms with Gasteiger partial charge in [-0.2, -0.15) is 10.5 Å². The Morgan fingerprint density at radius 1 is 0.596 bits per heavy atom.